The molecule has 0 radical (unpaired) electrons. The van der Waals surface area contributed by atoms with Crippen molar-refractivity contribution < 1.29 is 0 Å². The predicted molar refractivity (Wildman–Crippen MR) is 113 cm³/mol. The first kappa shape index (κ1) is 24.5. The van der Waals surface area contributed by atoms with E-state index in [1.807, 2.05) is 0 Å². The van der Waals surface area contributed by atoms with Gasteiger partial charge in [-0.2, -0.15) is 0 Å². The second-order valence-electron chi connectivity index (χ2n) is 6.46. The fraction of sp³-hybridized carbons (Fsp3) is 0.900. The maximum atomic E-state index is 3.55. The van der Waals surface area contributed by atoms with Gasteiger partial charge in [-0.25, -0.2) is 0 Å². The molecule has 0 fully saturated rings. The summed E-state index contributed by atoms with van der Waals surface area (Å²) in [5, 5.41) is 17.2. The summed E-state index contributed by atoms with van der Waals surface area (Å²) in [5.41, 5.74) is 0. The predicted octanol–water partition coefficient (Wildman–Crippen LogP) is 1.87. The lowest BCUT2D eigenvalue weighted by Gasteiger charge is -2.07. The molecule has 0 atom stereocenters. The topological polar surface area (TPSA) is 60.1 Å². The molecule has 0 aliphatic carbocycles. The zero-order chi connectivity index (χ0) is 18.3. The SMILES string of the molecule is CCNC/C=C\CNCCCCNCCCCNCCCCNCC. The molecule has 0 heterocycles. The van der Waals surface area contributed by atoms with E-state index in [9.17, 15) is 0 Å². The minimum atomic E-state index is 0.980. The second-order valence-corrected chi connectivity index (χ2v) is 6.46. The molecule has 25 heavy (non-hydrogen) atoms. The molecule has 5 N–H and O–H groups in total. The minimum Gasteiger partial charge on any atom is -0.317 e. The maximum absolute atomic E-state index is 3.55. The van der Waals surface area contributed by atoms with Gasteiger partial charge in [0.2, 0.25) is 0 Å². The summed E-state index contributed by atoms with van der Waals surface area (Å²) in [6, 6.07) is 0. The number of nitrogens with one attached hydrogen (secondary N) is 5. The highest BCUT2D eigenvalue weighted by Gasteiger charge is 1.92. The standard InChI is InChI=1S/C20H45N5/c1-3-21-13-5-7-15-23-17-9-11-19-25-20-12-10-18-24-16-8-6-14-22-4-2/h5,7,21-25H,3-4,6,8-20H2,1-2H3/b7-5-. The van der Waals surface area contributed by atoms with Crippen molar-refractivity contribution in [3.05, 3.63) is 12.2 Å². The van der Waals surface area contributed by atoms with E-state index in [0.29, 0.717) is 0 Å². The van der Waals surface area contributed by atoms with Gasteiger partial charge in [0.1, 0.15) is 0 Å². The number of likely N-dealkylation sites (N-methyl/N-ethyl adjacent to an activating group) is 1. The van der Waals surface area contributed by atoms with E-state index in [4.69, 9.17) is 0 Å². The lowest BCUT2D eigenvalue weighted by molar-refractivity contribution is 0.546. The van der Waals surface area contributed by atoms with Crippen LogP contribution in [0, 0.1) is 0 Å². The van der Waals surface area contributed by atoms with Crippen LogP contribution in [0.1, 0.15) is 52.4 Å². The Morgan fingerprint density at radius 2 is 0.800 bits per heavy atom. The van der Waals surface area contributed by atoms with Gasteiger partial charge in [0.05, 0.1) is 0 Å². The molecule has 0 aromatic carbocycles. The molecule has 150 valence electrons. The Balaban J connectivity index is 2.99. The first-order valence-corrected chi connectivity index (χ1v) is 10.6. The molecule has 0 rings (SSSR count). The molecular weight excluding hydrogens is 310 g/mol. The van der Waals surface area contributed by atoms with Crippen molar-refractivity contribution in [2.75, 3.05) is 65.4 Å². The van der Waals surface area contributed by atoms with Gasteiger partial charge in [0.15, 0.2) is 0 Å². The summed E-state index contributed by atoms with van der Waals surface area (Å²) in [6.07, 6.45) is 12.0. The zero-order valence-electron chi connectivity index (χ0n) is 17.0. The summed E-state index contributed by atoms with van der Waals surface area (Å²) in [4.78, 5) is 0. The lowest BCUT2D eigenvalue weighted by Crippen LogP contribution is -2.22. The molecule has 0 aliphatic rings. The Hall–Kier alpha value is -0.460. The van der Waals surface area contributed by atoms with Gasteiger partial charge in [-0.15, -0.1) is 0 Å². The molecule has 0 saturated carbocycles. The highest BCUT2D eigenvalue weighted by Crippen LogP contribution is 1.89. The molecule has 0 spiro atoms. The zero-order valence-corrected chi connectivity index (χ0v) is 17.0. The monoisotopic (exact) mass is 355 g/mol. The lowest BCUT2D eigenvalue weighted by atomic mass is 10.2. The molecular formula is C20H45N5. The molecule has 0 saturated heterocycles. The van der Waals surface area contributed by atoms with E-state index in [-0.39, 0.29) is 0 Å². The van der Waals surface area contributed by atoms with Crippen LogP contribution in [0.2, 0.25) is 0 Å². The molecule has 0 aromatic rings. The van der Waals surface area contributed by atoms with Crippen LogP contribution in [-0.4, -0.2) is 65.4 Å². The average Bonchev–Trinajstić information content (AvgIpc) is 2.63. The van der Waals surface area contributed by atoms with Crippen LogP contribution in [0.3, 0.4) is 0 Å². The van der Waals surface area contributed by atoms with Crippen LogP contribution in [0.5, 0.6) is 0 Å². The van der Waals surface area contributed by atoms with Gasteiger partial charge in [0.25, 0.3) is 0 Å². The number of hydrogen-bond donors (Lipinski definition) is 5. The average molecular weight is 356 g/mol. The molecule has 0 bridgehead atoms. The van der Waals surface area contributed by atoms with Crippen molar-refractivity contribution in [1.29, 1.82) is 0 Å². The molecule has 5 nitrogen and oxygen atoms in total. The van der Waals surface area contributed by atoms with Crippen LogP contribution < -0.4 is 26.6 Å². The Kier molecular flexibility index (Phi) is 23.1. The van der Waals surface area contributed by atoms with Crippen LogP contribution in [0.15, 0.2) is 12.2 Å². The highest BCUT2D eigenvalue weighted by molar-refractivity contribution is 4.85. The summed E-state index contributed by atoms with van der Waals surface area (Å²) >= 11 is 0. The number of unbranched alkanes of at least 4 members (excludes halogenated alkanes) is 3. The molecule has 5 heteroatoms. The van der Waals surface area contributed by atoms with Crippen LogP contribution >= 0.6 is 0 Å². The van der Waals surface area contributed by atoms with E-state index >= 15 is 0 Å². The quantitative estimate of drug-likeness (QED) is 0.161. The van der Waals surface area contributed by atoms with Crippen molar-refractivity contribution in [1.82, 2.24) is 26.6 Å². The van der Waals surface area contributed by atoms with E-state index in [0.717, 1.165) is 65.4 Å². The van der Waals surface area contributed by atoms with Crippen molar-refractivity contribution in [3.8, 4) is 0 Å². The Bertz CT molecular complexity index is 258. The third kappa shape index (κ3) is 23.5. The third-order valence-electron chi connectivity index (χ3n) is 4.06. The smallest absolute Gasteiger partial charge is 0.0135 e. The van der Waals surface area contributed by atoms with Gasteiger partial charge < -0.3 is 26.6 Å². The van der Waals surface area contributed by atoms with Gasteiger partial charge in [-0.1, -0.05) is 26.0 Å². The Labute approximate surface area is 157 Å². The number of hydrogen-bond acceptors (Lipinski definition) is 5. The van der Waals surface area contributed by atoms with Gasteiger partial charge >= 0.3 is 0 Å². The van der Waals surface area contributed by atoms with E-state index in [1.54, 1.807) is 0 Å². The normalized spacial score (nSPS) is 11.6. The number of rotatable bonds is 21. The van der Waals surface area contributed by atoms with Gasteiger partial charge in [-0.3, -0.25) is 0 Å². The third-order valence-corrected chi connectivity index (χ3v) is 4.06. The van der Waals surface area contributed by atoms with E-state index in [1.165, 1.54) is 38.5 Å². The van der Waals surface area contributed by atoms with Crippen molar-refractivity contribution in [3.63, 3.8) is 0 Å². The molecule has 0 aliphatic heterocycles. The summed E-state index contributed by atoms with van der Waals surface area (Å²) in [5.74, 6) is 0. The van der Waals surface area contributed by atoms with Gasteiger partial charge in [0, 0.05) is 13.1 Å². The van der Waals surface area contributed by atoms with Crippen LogP contribution in [0.25, 0.3) is 0 Å². The molecule has 0 unspecified atom stereocenters. The fourth-order valence-corrected chi connectivity index (χ4v) is 2.51. The van der Waals surface area contributed by atoms with Gasteiger partial charge in [-0.05, 0) is 90.9 Å². The van der Waals surface area contributed by atoms with Crippen LogP contribution in [-0.2, 0) is 0 Å². The van der Waals surface area contributed by atoms with Crippen molar-refractivity contribution in [2.24, 2.45) is 0 Å². The van der Waals surface area contributed by atoms with Crippen molar-refractivity contribution >= 4 is 0 Å². The first-order valence-electron chi connectivity index (χ1n) is 10.6. The maximum Gasteiger partial charge on any atom is 0.0135 e. The van der Waals surface area contributed by atoms with E-state index < -0.39 is 0 Å². The Morgan fingerprint density at radius 1 is 0.440 bits per heavy atom. The molecule has 0 aromatic heterocycles. The second kappa shape index (κ2) is 23.5. The fourth-order valence-electron chi connectivity index (χ4n) is 2.51. The van der Waals surface area contributed by atoms with E-state index in [2.05, 4.69) is 52.6 Å². The summed E-state index contributed by atoms with van der Waals surface area (Å²) < 4.78 is 0. The first-order chi connectivity index (χ1) is 12.4. The Morgan fingerprint density at radius 3 is 1.24 bits per heavy atom. The molecule has 0 amide bonds. The summed E-state index contributed by atoms with van der Waals surface area (Å²) in [6.45, 7) is 15.3. The van der Waals surface area contributed by atoms with Crippen LogP contribution in [0.4, 0.5) is 0 Å². The largest absolute Gasteiger partial charge is 0.317 e. The summed E-state index contributed by atoms with van der Waals surface area (Å²) in [7, 11) is 0. The highest BCUT2D eigenvalue weighted by atomic mass is 14.9. The minimum absolute atomic E-state index is 0.980. The van der Waals surface area contributed by atoms with Crippen molar-refractivity contribution in [2.45, 2.75) is 52.4 Å².